The minimum absolute atomic E-state index is 0.0279. The Labute approximate surface area is 127 Å². The van der Waals surface area contributed by atoms with E-state index in [1.165, 1.54) is 0 Å². The number of nitrogens with zero attached hydrogens (tertiary/aromatic N) is 1. The normalized spacial score (nSPS) is 21.2. The second-order valence-electron chi connectivity index (χ2n) is 5.22. The van der Waals surface area contributed by atoms with Crippen molar-refractivity contribution in [3.05, 3.63) is 35.9 Å². The second kappa shape index (κ2) is 6.93. The first-order chi connectivity index (χ1) is 10.5. The van der Waals surface area contributed by atoms with Gasteiger partial charge in [0.2, 0.25) is 5.91 Å². The molecule has 2 atom stereocenters. The van der Waals surface area contributed by atoms with Crippen molar-refractivity contribution in [1.29, 1.82) is 0 Å². The van der Waals surface area contributed by atoms with E-state index in [1.807, 2.05) is 18.2 Å². The van der Waals surface area contributed by atoms with Gasteiger partial charge in [0.1, 0.15) is 12.6 Å². The Balaban J connectivity index is 2.02. The van der Waals surface area contributed by atoms with Crippen molar-refractivity contribution in [1.82, 2.24) is 4.90 Å². The van der Waals surface area contributed by atoms with E-state index in [1.54, 1.807) is 12.1 Å². The van der Waals surface area contributed by atoms with Crippen molar-refractivity contribution in [2.24, 2.45) is 11.7 Å². The summed E-state index contributed by atoms with van der Waals surface area (Å²) >= 11 is 0. The summed E-state index contributed by atoms with van der Waals surface area (Å²) in [5.41, 5.74) is 6.05. The number of amides is 2. The number of carbonyl (C=O) groups is 3. The van der Waals surface area contributed by atoms with Crippen LogP contribution in [0.4, 0.5) is 4.79 Å². The molecule has 1 fully saturated rings. The number of aliphatic carboxylic acids is 1. The van der Waals surface area contributed by atoms with Gasteiger partial charge in [0, 0.05) is 6.54 Å². The number of piperidine rings is 1. The highest BCUT2D eigenvalue weighted by Crippen LogP contribution is 2.23. The second-order valence-corrected chi connectivity index (χ2v) is 5.22. The van der Waals surface area contributed by atoms with Crippen LogP contribution in [0.25, 0.3) is 0 Å². The summed E-state index contributed by atoms with van der Waals surface area (Å²) in [7, 11) is 0. The number of carbonyl (C=O) groups excluding carboxylic acids is 2. The molecule has 2 unspecified atom stereocenters. The lowest BCUT2D eigenvalue weighted by Gasteiger charge is -2.35. The minimum Gasteiger partial charge on any atom is -0.480 e. The molecule has 1 aromatic rings. The van der Waals surface area contributed by atoms with Gasteiger partial charge in [0.05, 0.1) is 5.92 Å². The zero-order valence-corrected chi connectivity index (χ0v) is 12.0. The molecule has 1 saturated heterocycles. The topological polar surface area (TPSA) is 110 Å². The monoisotopic (exact) mass is 306 g/mol. The van der Waals surface area contributed by atoms with Crippen molar-refractivity contribution < 1.29 is 24.2 Å². The van der Waals surface area contributed by atoms with Crippen molar-refractivity contribution in [3.63, 3.8) is 0 Å². The number of nitrogens with two attached hydrogens (primary N) is 1. The molecule has 1 aromatic carbocycles. The fourth-order valence-corrected chi connectivity index (χ4v) is 2.46. The molecule has 7 nitrogen and oxygen atoms in total. The van der Waals surface area contributed by atoms with Crippen LogP contribution in [0, 0.1) is 5.92 Å². The third-order valence-corrected chi connectivity index (χ3v) is 3.71. The highest BCUT2D eigenvalue weighted by atomic mass is 16.6. The smallest absolute Gasteiger partial charge is 0.410 e. The Kier molecular flexibility index (Phi) is 4.98. The first-order valence-corrected chi connectivity index (χ1v) is 6.98. The lowest BCUT2D eigenvalue weighted by Crippen LogP contribution is -2.52. The summed E-state index contributed by atoms with van der Waals surface area (Å²) in [5.74, 6) is -2.19. The molecule has 0 saturated carbocycles. The van der Waals surface area contributed by atoms with Crippen LogP contribution in [0.5, 0.6) is 0 Å². The van der Waals surface area contributed by atoms with Crippen LogP contribution in [0.15, 0.2) is 30.3 Å². The average molecular weight is 306 g/mol. The number of hydrogen-bond acceptors (Lipinski definition) is 4. The molecule has 3 N–H and O–H groups in total. The van der Waals surface area contributed by atoms with Crippen molar-refractivity contribution >= 4 is 18.0 Å². The predicted molar refractivity (Wildman–Crippen MR) is 76.7 cm³/mol. The lowest BCUT2D eigenvalue weighted by atomic mass is 9.92. The van der Waals surface area contributed by atoms with Gasteiger partial charge in [0.25, 0.3) is 0 Å². The molecule has 0 bridgehead atoms. The Hall–Kier alpha value is -2.57. The maximum absolute atomic E-state index is 12.1. The maximum Gasteiger partial charge on any atom is 0.410 e. The van der Waals surface area contributed by atoms with Crippen molar-refractivity contribution in [3.8, 4) is 0 Å². The van der Waals surface area contributed by atoms with E-state index < -0.39 is 29.9 Å². The molecule has 0 spiro atoms. The van der Waals surface area contributed by atoms with Crippen LogP contribution < -0.4 is 5.73 Å². The van der Waals surface area contributed by atoms with Gasteiger partial charge in [-0.3, -0.25) is 9.69 Å². The van der Waals surface area contributed by atoms with Crippen LogP contribution in [0.1, 0.15) is 18.4 Å². The molecule has 7 heteroatoms. The number of ether oxygens (including phenoxy) is 1. The van der Waals surface area contributed by atoms with E-state index >= 15 is 0 Å². The van der Waals surface area contributed by atoms with Crippen LogP contribution >= 0.6 is 0 Å². The minimum atomic E-state index is -1.11. The summed E-state index contributed by atoms with van der Waals surface area (Å²) < 4.78 is 5.15. The molecule has 118 valence electrons. The predicted octanol–water partition coefficient (Wildman–Crippen LogP) is 0.974. The molecular weight excluding hydrogens is 288 g/mol. The number of rotatable bonds is 4. The van der Waals surface area contributed by atoms with Gasteiger partial charge >= 0.3 is 12.1 Å². The lowest BCUT2D eigenvalue weighted by molar-refractivity contribution is -0.145. The summed E-state index contributed by atoms with van der Waals surface area (Å²) in [4.78, 5) is 35.7. The highest BCUT2D eigenvalue weighted by molar-refractivity contribution is 5.83. The van der Waals surface area contributed by atoms with Crippen LogP contribution in [-0.2, 0) is 20.9 Å². The number of hydrogen-bond donors (Lipinski definition) is 2. The van der Waals surface area contributed by atoms with Gasteiger partial charge in [-0.1, -0.05) is 30.3 Å². The third kappa shape index (κ3) is 3.75. The first kappa shape index (κ1) is 15.8. The summed E-state index contributed by atoms with van der Waals surface area (Å²) in [6, 6.07) is 8.07. The van der Waals surface area contributed by atoms with E-state index in [-0.39, 0.29) is 19.6 Å². The largest absolute Gasteiger partial charge is 0.480 e. The van der Waals surface area contributed by atoms with Gasteiger partial charge in [-0.2, -0.15) is 0 Å². The number of primary amides is 1. The number of carboxylic acid groups (broad SMARTS) is 1. The molecule has 1 aliphatic rings. The number of carboxylic acids is 1. The molecule has 0 aromatic heterocycles. The fraction of sp³-hybridized carbons (Fsp3) is 0.400. The van der Waals surface area contributed by atoms with Crippen LogP contribution in [0.3, 0.4) is 0 Å². The van der Waals surface area contributed by atoms with Crippen LogP contribution in [-0.4, -0.2) is 40.6 Å². The van der Waals surface area contributed by atoms with Crippen molar-refractivity contribution in [2.75, 3.05) is 6.54 Å². The van der Waals surface area contributed by atoms with Crippen molar-refractivity contribution in [2.45, 2.75) is 25.5 Å². The van der Waals surface area contributed by atoms with E-state index in [2.05, 4.69) is 0 Å². The molecule has 0 radical (unpaired) electrons. The van der Waals surface area contributed by atoms with E-state index in [4.69, 9.17) is 10.5 Å². The first-order valence-electron chi connectivity index (χ1n) is 6.98. The summed E-state index contributed by atoms with van der Waals surface area (Å²) in [6.07, 6.45) is -0.208. The summed E-state index contributed by atoms with van der Waals surface area (Å²) in [6.45, 7) is 0.0175. The fourth-order valence-electron chi connectivity index (χ4n) is 2.46. The quantitative estimate of drug-likeness (QED) is 0.861. The zero-order valence-electron chi connectivity index (χ0n) is 12.0. The number of benzene rings is 1. The number of likely N-dealkylation sites (tertiary alicyclic amines) is 1. The molecular formula is C15H18N2O5. The zero-order chi connectivity index (χ0) is 16.1. The van der Waals surface area contributed by atoms with E-state index in [9.17, 15) is 19.5 Å². The van der Waals surface area contributed by atoms with E-state index in [0.717, 1.165) is 10.5 Å². The van der Waals surface area contributed by atoms with Gasteiger partial charge in [-0.15, -0.1) is 0 Å². The molecule has 22 heavy (non-hydrogen) atoms. The molecule has 0 aliphatic carbocycles. The van der Waals surface area contributed by atoms with Gasteiger partial charge in [-0.05, 0) is 18.4 Å². The molecule has 2 rings (SSSR count). The SMILES string of the molecule is NC(=O)C1CCC(C(=O)O)N(C(=O)OCc2ccccc2)C1. The summed E-state index contributed by atoms with van der Waals surface area (Å²) in [5, 5.41) is 9.20. The van der Waals surface area contributed by atoms with Gasteiger partial charge in [-0.25, -0.2) is 9.59 Å². The molecule has 1 heterocycles. The molecule has 2 amide bonds. The Morgan fingerprint density at radius 2 is 1.91 bits per heavy atom. The van der Waals surface area contributed by atoms with E-state index in [0.29, 0.717) is 6.42 Å². The van der Waals surface area contributed by atoms with Gasteiger partial charge in [0.15, 0.2) is 0 Å². The molecule has 1 aliphatic heterocycles. The highest BCUT2D eigenvalue weighted by Gasteiger charge is 2.38. The average Bonchev–Trinajstić information content (AvgIpc) is 2.52. The van der Waals surface area contributed by atoms with Crippen LogP contribution in [0.2, 0.25) is 0 Å². The maximum atomic E-state index is 12.1. The third-order valence-electron chi connectivity index (χ3n) is 3.71. The standard InChI is InChI=1S/C15H18N2O5/c16-13(18)11-6-7-12(14(19)20)17(8-11)15(21)22-9-10-4-2-1-3-5-10/h1-5,11-12H,6-9H2,(H2,16,18)(H,19,20). The Bertz CT molecular complexity index is 560. The van der Waals surface area contributed by atoms with Gasteiger partial charge < -0.3 is 15.6 Å². The Morgan fingerprint density at radius 3 is 2.50 bits per heavy atom. The Morgan fingerprint density at radius 1 is 1.23 bits per heavy atom.